The smallest absolute Gasteiger partial charge is 0.318 e. The molecule has 2 amide bonds. The number of hydrogen-bond donors (Lipinski definition) is 1. The molecule has 0 radical (unpaired) electrons. The van der Waals surface area contributed by atoms with Crippen LogP contribution >= 0.6 is 0 Å². The largest absolute Gasteiger partial charge is 0.335 e. The van der Waals surface area contributed by atoms with E-state index >= 15 is 0 Å². The normalized spacial score (nSPS) is 18.0. The van der Waals surface area contributed by atoms with Gasteiger partial charge in [-0.25, -0.2) is 4.79 Å². The molecule has 1 aliphatic heterocycles. The monoisotopic (exact) mass is 377 g/mol. The zero-order valence-electron chi connectivity index (χ0n) is 16.8. The number of carbonyl (C=O) groups excluding carboxylic acids is 1. The van der Waals surface area contributed by atoms with E-state index in [1.54, 1.807) is 0 Å². The average Bonchev–Trinajstić information content (AvgIpc) is 3.55. The van der Waals surface area contributed by atoms with Gasteiger partial charge in [0.2, 0.25) is 0 Å². The number of amides is 2. The Balaban J connectivity index is 1.27. The Kier molecular flexibility index (Phi) is 5.96. The van der Waals surface area contributed by atoms with Gasteiger partial charge in [-0.05, 0) is 49.3 Å². The van der Waals surface area contributed by atoms with Gasteiger partial charge in [0, 0.05) is 38.3 Å². The highest BCUT2D eigenvalue weighted by Crippen LogP contribution is 2.28. The van der Waals surface area contributed by atoms with Crippen molar-refractivity contribution in [2.45, 2.75) is 57.8 Å². The van der Waals surface area contributed by atoms with Gasteiger partial charge in [-0.3, -0.25) is 4.90 Å². The van der Waals surface area contributed by atoms with Gasteiger partial charge in [-0.15, -0.1) is 0 Å². The second-order valence-corrected chi connectivity index (χ2v) is 8.27. The summed E-state index contributed by atoms with van der Waals surface area (Å²) in [6, 6.07) is 19.8. The molecular formula is C24H31N3O. The highest BCUT2D eigenvalue weighted by molar-refractivity contribution is 5.75. The van der Waals surface area contributed by atoms with E-state index < -0.39 is 0 Å². The topological polar surface area (TPSA) is 35.6 Å². The third-order valence-corrected chi connectivity index (χ3v) is 6.01. The van der Waals surface area contributed by atoms with E-state index in [1.807, 2.05) is 23.1 Å². The Morgan fingerprint density at radius 3 is 2.36 bits per heavy atom. The summed E-state index contributed by atoms with van der Waals surface area (Å²) < 4.78 is 0. The lowest BCUT2D eigenvalue weighted by molar-refractivity contribution is 0.165. The molecule has 1 saturated heterocycles. The summed E-state index contributed by atoms with van der Waals surface area (Å²) in [5, 5.41) is 3.32. The van der Waals surface area contributed by atoms with Crippen molar-refractivity contribution in [2.24, 2.45) is 0 Å². The number of aryl methyl sites for hydroxylation is 1. The van der Waals surface area contributed by atoms with Crippen LogP contribution in [0.3, 0.4) is 0 Å². The Morgan fingerprint density at radius 2 is 1.68 bits per heavy atom. The van der Waals surface area contributed by atoms with Gasteiger partial charge >= 0.3 is 6.03 Å². The van der Waals surface area contributed by atoms with Crippen LogP contribution in [0.4, 0.5) is 4.79 Å². The maximum Gasteiger partial charge on any atom is 0.318 e. The van der Waals surface area contributed by atoms with Crippen LogP contribution in [-0.2, 0) is 13.1 Å². The van der Waals surface area contributed by atoms with Crippen LogP contribution in [-0.4, -0.2) is 41.0 Å². The maximum absolute atomic E-state index is 12.9. The van der Waals surface area contributed by atoms with Crippen LogP contribution in [0, 0.1) is 6.92 Å². The molecule has 2 aromatic carbocycles. The molecule has 4 heteroatoms. The van der Waals surface area contributed by atoms with Crippen molar-refractivity contribution in [3.63, 3.8) is 0 Å². The van der Waals surface area contributed by atoms with E-state index in [4.69, 9.17) is 0 Å². The zero-order valence-corrected chi connectivity index (χ0v) is 16.8. The van der Waals surface area contributed by atoms with E-state index in [0.29, 0.717) is 12.6 Å². The molecule has 4 rings (SSSR count). The molecule has 0 atom stereocenters. The van der Waals surface area contributed by atoms with Crippen molar-refractivity contribution >= 4 is 6.03 Å². The first-order valence-electron chi connectivity index (χ1n) is 10.6. The molecule has 0 aromatic heterocycles. The van der Waals surface area contributed by atoms with E-state index in [1.165, 1.54) is 16.7 Å². The number of carbonyl (C=O) groups is 1. The van der Waals surface area contributed by atoms with Crippen LogP contribution in [0.25, 0.3) is 0 Å². The van der Waals surface area contributed by atoms with Gasteiger partial charge in [-0.1, -0.05) is 54.6 Å². The number of rotatable bonds is 6. The molecule has 1 N–H and O–H groups in total. The molecule has 1 heterocycles. The number of likely N-dealkylation sites (tertiary alicyclic amines) is 1. The van der Waals surface area contributed by atoms with E-state index in [-0.39, 0.29) is 12.1 Å². The Bertz CT molecular complexity index is 779. The second kappa shape index (κ2) is 8.78. The minimum atomic E-state index is 0.115. The predicted octanol–water partition coefficient (Wildman–Crippen LogP) is 4.33. The van der Waals surface area contributed by atoms with Gasteiger partial charge in [-0.2, -0.15) is 0 Å². The molecule has 0 spiro atoms. The summed E-state index contributed by atoms with van der Waals surface area (Å²) >= 11 is 0. The summed E-state index contributed by atoms with van der Waals surface area (Å²) in [7, 11) is 0. The summed E-state index contributed by atoms with van der Waals surface area (Å²) in [5.74, 6) is 0. The Morgan fingerprint density at radius 1 is 1.00 bits per heavy atom. The highest BCUT2D eigenvalue weighted by atomic mass is 16.2. The predicted molar refractivity (Wildman–Crippen MR) is 113 cm³/mol. The fraction of sp³-hybridized carbons (Fsp3) is 0.458. The summed E-state index contributed by atoms with van der Waals surface area (Å²) in [4.78, 5) is 17.5. The molecule has 2 fully saturated rings. The van der Waals surface area contributed by atoms with Gasteiger partial charge < -0.3 is 10.2 Å². The summed E-state index contributed by atoms with van der Waals surface area (Å²) in [5.41, 5.74) is 3.98. The highest BCUT2D eigenvalue weighted by Gasteiger charge is 2.33. The van der Waals surface area contributed by atoms with Gasteiger partial charge in [0.05, 0.1) is 0 Å². The lowest BCUT2D eigenvalue weighted by atomic mass is 10.0. The average molecular weight is 378 g/mol. The number of urea groups is 1. The van der Waals surface area contributed by atoms with Crippen LogP contribution < -0.4 is 5.32 Å². The molecular weight excluding hydrogens is 346 g/mol. The first-order chi connectivity index (χ1) is 13.7. The molecule has 4 nitrogen and oxygen atoms in total. The number of nitrogens with one attached hydrogen (secondary N) is 1. The van der Waals surface area contributed by atoms with Crippen molar-refractivity contribution in [3.8, 4) is 0 Å². The third kappa shape index (κ3) is 4.93. The van der Waals surface area contributed by atoms with Gasteiger partial charge in [0.15, 0.2) is 0 Å². The van der Waals surface area contributed by atoms with E-state index in [0.717, 1.165) is 45.3 Å². The summed E-state index contributed by atoms with van der Waals surface area (Å²) in [6.07, 6.45) is 4.33. The third-order valence-electron chi connectivity index (χ3n) is 6.01. The minimum absolute atomic E-state index is 0.115. The summed E-state index contributed by atoms with van der Waals surface area (Å²) in [6.45, 7) is 5.99. The standard InChI is InChI=1S/C24H31N3O/c1-19-7-5-6-10-21(19)18-26-15-13-22(14-16-26)25-24(28)27(23-11-12-23)17-20-8-3-2-4-9-20/h2-10,22-23H,11-18H2,1H3,(H,25,28). The first-order valence-corrected chi connectivity index (χ1v) is 10.6. The Labute approximate surface area is 168 Å². The van der Waals surface area contributed by atoms with Crippen LogP contribution in [0.5, 0.6) is 0 Å². The van der Waals surface area contributed by atoms with Crippen molar-refractivity contribution in [1.82, 2.24) is 15.1 Å². The molecule has 2 aromatic rings. The Hall–Kier alpha value is -2.33. The van der Waals surface area contributed by atoms with Gasteiger partial charge in [0.25, 0.3) is 0 Å². The fourth-order valence-electron chi connectivity index (χ4n) is 4.05. The second-order valence-electron chi connectivity index (χ2n) is 8.27. The number of hydrogen-bond acceptors (Lipinski definition) is 2. The quantitative estimate of drug-likeness (QED) is 0.813. The van der Waals surface area contributed by atoms with Crippen molar-refractivity contribution in [1.29, 1.82) is 0 Å². The van der Waals surface area contributed by atoms with Crippen molar-refractivity contribution < 1.29 is 4.79 Å². The molecule has 0 bridgehead atoms. The number of benzene rings is 2. The minimum Gasteiger partial charge on any atom is -0.335 e. The fourth-order valence-corrected chi connectivity index (χ4v) is 4.05. The maximum atomic E-state index is 12.9. The lowest BCUT2D eigenvalue weighted by Gasteiger charge is -2.34. The molecule has 1 saturated carbocycles. The number of piperidine rings is 1. The van der Waals surface area contributed by atoms with Crippen molar-refractivity contribution in [3.05, 3.63) is 71.3 Å². The molecule has 2 aliphatic rings. The van der Waals surface area contributed by atoms with Crippen LogP contribution in [0.1, 0.15) is 42.4 Å². The van der Waals surface area contributed by atoms with Crippen molar-refractivity contribution in [2.75, 3.05) is 13.1 Å². The zero-order chi connectivity index (χ0) is 19.3. The number of nitrogens with zero attached hydrogens (tertiary/aromatic N) is 2. The molecule has 1 aliphatic carbocycles. The molecule has 28 heavy (non-hydrogen) atoms. The first kappa shape index (κ1) is 19.0. The van der Waals surface area contributed by atoms with E-state index in [9.17, 15) is 4.79 Å². The van der Waals surface area contributed by atoms with E-state index in [2.05, 4.69) is 53.5 Å². The molecule has 148 valence electrons. The lowest BCUT2D eigenvalue weighted by Crippen LogP contribution is -2.49. The molecule has 0 unspecified atom stereocenters. The van der Waals surface area contributed by atoms with Crippen LogP contribution in [0.15, 0.2) is 54.6 Å². The SMILES string of the molecule is Cc1ccccc1CN1CCC(NC(=O)N(Cc2ccccc2)C2CC2)CC1. The van der Waals surface area contributed by atoms with Gasteiger partial charge in [0.1, 0.15) is 0 Å². The van der Waals surface area contributed by atoms with Crippen LogP contribution in [0.2, 0.25) is 0 Å².